The summed E-state index contributed by atoms with van der Waals surface area (Å²) < 4.78 is 0. The Morgan fingerprint density at radius 3 is 2.71 bits per heavy atom. The fraction of sp³-hybridized carbons (Fsp3) is 0.333. The van der Waals surface area contributed by atoms with Gasteiger partial charge in [0.25, 0.3) is 5.91 Å². The molecule has 1 aliphatic carbocycles. The van der Waals surface area contributed by atoms with Gasteiger partial charge in [0.1, 0.15) is 17.5 Å². The fourth-order valence-corrected chi connectivity index (χ4v) is 1.62. The number of aromatic hydroxyl groups is 2. The number of hydrogen-bond donors (Lipinski definition) is 3. The minimum absolute atomic E-state index is 0.0590. The number of nitrogens with one attached hydrogen (secondary N) is 1. The number of phenols is 2. The summed E-state index contributed by atoms with van der Waals surface area (Å²) in [5.41, 5.74) is 0.0590. The first-order chi connectivity index (χ1) is 8.11. The van der Waals surface area contributed by atoms with Crippen LogP contribution in [-0.2, 0) is 0 Å². The first-order valence-corrected chi connectivity index (χ1v) is 5.34. The largest absolute Gasteiger partial charge is 0.508 e. The summed E-state index contributed by atoms with van der Waals surface area (Å²) in [6.45, 7) is 0. The first-order valence-electron chi connectivity index (χ1n) is 5.34. The van der Waals surface area contributed by atoms with E-state index < -0.39 is 11.9 Å². The first kappa shape index (κ1) is 11.3. The monoisotopic (exact) mass is 232 g/mol. The van der Waals surface area contributed by atoms with Crippen LogP contribution in [0.1, 0.15) is 23.2 Å². The SMILES string of the molecule is N#CC(NC(=O)c1ccc(O)cc1O)C1CC1. The lowest BCUT2D eigenvalue weighted by molar-refractivity contribution is 0.0939. The molecule has 5 nitrogen and oxygen atoms in total. The minimum Gasteiger partial charge on any atom is -0.508 e. The van der Waals surface area contributed by atoms with Gasteiger partial charge in [-0.25, -0.2) is 0 Å². The van der Waals surface area contributed by atoms with E-state index in [1.54, 1.807) is 0 Å². The van der Waals surface area contributed by atoms with Crippen LogP contribution < -0.4 is 5.32 Å². The Kier molecular flexibility index (Phi) is 2.88. The average Bonchev–Trinajstić information content (AvgIpc) is 3.09. The molecule has 1 amide bonds. The normalized spacial score (nSPS) is 15.9. The van der Waals surface area contributed by atoms with Gasteiger partial charge in [-0.05, 0) is 30.9 Å². The molecule has 1 unspecified atom stereocenters. The lowest BCUT2D eigenvalue weighted by atomic mass is 10.1. The third-order valence-corrected chi connectivity index (χ3v) is 2.75. The van der Waals surface area contributed by atoms with Gasteiger partial charge in [0.05, 0.1) is 11.6 Å². The van der Waals surface area contributed by atoms with E-state index in [0.717, 1.165) is 18.9 Å². The third kappa shape index (κ3) is 2.48. The summed E-state index contributed by atoms with van der Waals surface area (Å²) in [6, 6.07) is 5.25. The Morgan fingerprint density at radius 2 is 2.18 bits per heavy atom. The molecule has 0 radical (unpaired) electrons. The van der Waals surface area contributed by atoms with Gasteiger partial charge < -0.3 is 15.5 Å². The van der Waals surface area contributed by atoms with E-state index in [1.165, 1.54) is 12.1 Å². The minimum atomic E-state index is -0.504. The maximum Gasteiger partial charge on any atom is 0.256 e. The Morgan fingerprint density at radius 1 is 1.47 bits per heavy atom. The molecule has 0 heterocycles. The fourth-order valence-electron chi connectivity index (χ4n) is 1.62. The van der Waals surface area contributed by atoms with Crippen LogP contribution in [0, 0.1) is 17.2 Å². The van der Waals surface area contributed by atoms with E-state index in [4.69, 9.17) is 10.4 Å². The lowest BCUT2D eigenvalue weighted by Crippen LogP contribution is -2.35. The van der Waals surface area contributed by atoms with Gasteiger partial charge in [-0.2, -0.15) is 5.26 Å². The average molecular weight is 232 g/mol. The van der Waals surface area contributed by atoms with Crippen molar-refractivity contribution in [2.75, 3.05) is 0 Å². The maximum atomic E-state index is 11.8. The molecule has 0 aliphatic heterocycles. The number of carbonyl (C=O) groups excluding carboxylic acids is 1. The summed E-state index contributed by atoms with van der Waals surface area (Å²) in [5, 5.41) is 30.0. The van der Waals surface area contributed by atoms with Gasteiger partial charge in [-0.15, -0.1) is 0 Å². The zero-order valence-corrected chi connectivity index (χ0v) is 9.05. The van der Waals surface area contributed by atoms with Crippen molar-refractivity contribution in [2.24, 2.45) is 5.92 Å². The lowest BCUT2D eigenvalue weighted by Gasteiger charge is -2.11. The molecule has 0 aromatic heterocycles. The van der Waals surface area contributed by atoms with Crippen LogP contribution in [0.25, 0.3) is 0 Å². The summed E-state index contributed by atoms with van der Waals surface area (Å²) in [7, 11) is 0. The summed E-state index contributed by atoms with van der Waals surface area (Å²) >= 11 is 0. The highest BCUT2D eigenvalue weighted by atomic mass is 16.3. The highest BCUT2D eigenvalue weighted by Gasteiger charge is 2.32. The van der Waals surface area contributed by atoms with E-state index in [2.05, 4.69) is 5.32 Å². The number of hydrogen-bond acceptors (Lipinski definition) is 4. The number of nitrogens with zero attached hydrogens (tertiary/aromatic N) is 1. The summed E-state index contributed by atoms with van der Waals surface area (Å²) in [4.78, 5) is 11.8. The van der Waals surface area contributed by atoms with Crippen LogP contribution in [0.3, 0.4) is 0 Å². The second-order valence-corrected chi connectivity index (χ2v) is 4.12. The molecular formula is C12H12N2O3. The number of rotatable bonds is 3. The Balaban J connectivity index is 2.11. The van der Waals surface area contributed by atoms with Gasteiger partial charge in [0.2, 0.25) is 0 Å². The van der Waals surface area contributed by atoms with Crippen LogP contribution in [0.5, 0.6) is 11.5 Å². The van der Waals surface area contributed by atoms with Gasteiger partial charge in [-0.1, -0.05) is 0 Å². The van der Waals surface area contributed by atoms with Gasteiger partial charge >= 0.3 is 0 Å². The van der Waals surface area contributed by atoms with Crippen molar-refractivity contribution in [3.8, 4) is 17.6 Å². The molecule has 88 valence electrons. The molecule has 17 heavy (non-hydrogen) atoms. The van der Waals surface area contributed by atoms with E-state index in [0.29, 0.717) is 0 Å². The predicted molar refractivity (Wildman–Crippen MR) is 59.4 cm³/mol. The van der Waals surface area contributed by atoms with Crippen molar-refractivity contribution in [2.45, 2.75) is 18.9 Å². The highest BCUT2D eigenvalue weighted by Crippen LogP contribution is 2.32. The van der Waals surface area contributed by atoms with E-state index >= 15 is 0 Å². The quantitative estimate of drug-likeness (QED) is 0.728. The number of carbonyl (C=O) groups is 1. The van der Waals surface area contributed by atoms with Crippen LogP contribution in [0.4, 0.5) is 0 Å². The van der Waals surface area contributed by atoms with Crippen LogP contribution in [0.15, 0.2) is 18.2 Å². The molecule has 3 N–H and O–H groups in total. The van der Waals surface area contributed by atoms with Gasteiger partial charge in [-0.3, -0.25) is 4.79 Å². The molecule has 2 rings (SSSR count). The second kappa shape index (κ2) is 4.34. The molecule has 1 aromatic rings. The number of phenolic OH excluding ortho intramolecular Hbond substituents is 2. The molecule has 1 fully saturated rings. The van der Waals surface area contributed by atoms with Crippen molar-refractivity contribution in [3.63, 3.8) is 0 Å². The number of nitriles is 1. The van der Waals surface area contributed by atoms with Crippen molar-refractivity contribution in [1.29, 1.82) is 5.26 Å². The zero-order chi connectivity index (χ0) is 12.4. The Bertz CT molecular complexity index is 489. The van der Waals surface area contributed by atoms with Gasteiger partial charge in [0.15, 0.2) is 0 Å². The summed E-state index contributed by atoms with van der Waals surface area (Å²) in [6.07, 6.45) is 1.89. The van der Waals surface area contributed by atoms with Crippen LogP contribution in [-0.4, -0.2) is 22.2 Å². The van der Waals surface area contributed by atoms with E-state index in [9.17, 15) is 9.90 Å². The molecule has 1 atom stereocenters. The third-order valence-electron chi connectivity index (χ3n) is 2.75. The number of amides is 1. The zero-order valence-electron chi connectivity index (χ0n) is 9.05. The molecule has 1 aliphatic rings. The Hall–Kier alpha value is -2.22. The molecular weight excluding hydrogens is 220 g/mol. The predicted octanol–water partition coefficient (Wildman–Crippen LogP) is 1.13. The second-order valence-electron chi connectivity index (χ2n) is 4.12. The molecule has 5 heteroatoms. The van der Waals surface area contributed by atoms with E-state index in [1.807, 2.05) is 6.07 Å². The Labute approximate surface area is 98.3 Å². The number of benzene rings is 1. The van der Waals surface area contributed by atoms with E-state index in [-0.39, 0.29) is 23.0 Å². The standard InChI is InChI=1S/C12H12N2O3/c13-6-10(7-1-2-7)14-12(17)9-4-3-8(15)5-11(9)16/h3-5,7,10,15-16H,1-2H2,(H,14,17). The molecule has 0 saturated heterocycles. The van der Waals surface area contributed by atoms with Crippen LogP contribution >= 0.6 is 0 Å². The van der Waals surface area contributed by atoms with Gasteiger partial charge in [0, 0.05) is 6.07 Å². The van der Waals surface area contributed by atoms with Crippen molar-refractivity contribution in [1.82, 2.24) is 5.32 Å². The molecule has 1 saturated carbocycles. The van der Waals surface area contributed by atoms with Crippen LogP contribution in [0.2, 0.25) is 0 Å². The van der Waals surface area contributed by atoms with Crippen molar-refractivity contribution in [3.05, 3.63) is 23.8 Å². The molecule has 0 spiro atoms. The summed E-state index contributed by atoms with van der Waals surface area (Å²) in [5.74, 6) is -0.683. The molecule has 0 bridgehead atoms. The highest BCUT2D eigenvalue weighted by molar-refractivity contribution is 5.97. The van der Waals surface area contributed by atoms with Crippen molar-refractivity contribution < 1.29 is 15.0 Å². The smallest absolute Gasteiger partial charge is 0.256 e. The topological polar surface area (TPSA) is 93.4 Å². The van der Waals surface area contributed by atoms with Crippen molar-refractivity contribution >= 4 is 5.91 Å². The maximum absolute atomic E-state index is 11.8. The molecule has 1 aromatic carbocycles.